The minimum absolute atomic E-state index is 0.473. The number of thiazole rings is 2. The van der Waals surface area contributed by atoms with Crippen molar-refractivity contribution >= 4 is 32.9 Å². The molecule has 0 radical (unpaired) electrons. The number of aromatic nitrogens is 4. The molecule has 6 unspecified atom stereocenters. The summed E-state index contributed by atoms with van der Waals surface area (Å²) in [5.41, 5.74) is -0.0494. The molecule has 10 nitrogen and oxygen atoms in total. The lowest BCUT2D eigenvalue weighted by Crippen LogP contribution is -2.47. The zero-order valence-corrected chi connectivity index (χ0v) is 28.6. The van der Waals surface area contributed by atoms with Crippen molar-refractivity contribution in [3.63, 3.8) is 0 Å². The zero-order valence-electron chi connectivity index (χ0n) is 27.0. The molecule has 6 fully saturated rings. The summed E-state index contributed by atoms with van der Waals surface area (Å²) < 4.78 is 2.97. The SMILES string of the molecule is Cn1nccc1C1(O)CC2CCC(C1)N2.OC1(c2nc3ccccc3s2)CC2CCC(C1)N2.OC1(c2nccs2)CC2CCC(C1)N2. The van der Waals surface area contributed by atoms with Gasteiger partial charge < -0.3 is 31.3 Å². The summed E-state index contributed by atoms with van der Waals surface area (Å²) in [5.74, 6) is 0. The number of para-hydroxylation sites is 1. The molecule has 6 aliphatic rings. The average molecular weight is 678 g/mol. The molecule has 10 rings (SSSR count). The number of piperidine rings is 3. The van der Waals surface area contributed by atoms with E-state index in [1.54, 1.807) is 39.7 Å². The fourth-order valence-corrected chi connectivity index (χ4v) is 11.1. The molecule has 4 aromatic rings. The third kappa shape index (κ3) is 6.43. The number of fused-ring (bicyclic) bond motifs is 7. The third-order valence-electron chi connectivity index (χ3n) is 11.3. The second-order valence-corrected chi connectivity index (χ2v) is 16.8. The lowest BCUT2D eigenvalue weighted by Gasteiger charge is -2.37. The third-order valence-corrected chi connectivity index (χ3v) is 13.5. The van der Waals surface area contributed by atoms with Crippen LogP contribution in [0.1, 0.15) is 92.8 Å². The molecule has 3 aromatic heterocycles. The van der Waals surface area contributed by atoms with Crippen molar-refractivity contribution in [2.45, 2.75) is 130 Å². The van der Waals surface area contributed by atoms with Crippen molar-refractivity contribution < 1.29 is 15.3 Å². The normalized spacial score (nSPS) is 38.5. The number of aliphatic hydroxyl groups is 3. The number of aryl methyl sites for hydroxylation is 1. The fraction of sp³-hybridized carbons (Fsp3) is 0.629. The molecule has 0 aliphatic carbocycles. The summed E-state index contributed by atoms with van der Waals surface area (Å²) >= 11 is 3.22. The summed E-state index contributed by atoms with van der Waals surface area (Å²) in [6.07, 6.45) is 15.7. The Labute approximate surface area is 284 Å². The van der Waals surface area contributed by atoms with E-state index >= 15 is 0 Å². The quantitative estimate of drug-likeness (QED) is 0.189. The molecule has 9 heterocycles. The Morgan fingerprint density at radius 3 is 1.66 bits per heavy atom. The van der Waals surface area contributed by atoms with Gasteiger partial charge in [0.1, 0.15) is 26.8 Å². The molecule has 12 heteroatoms. The number of hydrogen-bond donors (Lipinski definition) is 6. The van der Waals surface area contributed by atoms with Gasteiger partial charge in [-0.15, -0.1) is 22.7 Å². The van der Waals surface area contributed by atoms with Gasteiger partial charge in [0, 0.05) is 61.1 Å². The van der Waals surface area contributed by atoms with Gasteiger partial charge in [-0.05, 0) is 95.2 Å². The molecule has 0 amide bonds. The minimum Gasteiger partial charge on any atom is -0.383 e. The first-order valence-corrected chi connectivity index (χ1v) is 19.1. The van der Waals surface area contributed by atoms with E-state index < -0.39 is 16.8 Å². The van der Waals surface area contributed by atoms with E-state index in [9.17, 15) is 15.3 Å². The Hall–Kier alpha value is -2.29. The maximum absolute atomic E-state index is 10.9. The summed E-state index contributed by atoms with van der Waals surface area (Å²) in [6, 6.07) is 13.0. The van der Waals surface area contributed by atoms with Gasteiger partial charge in [0.2, 0.25) is 0 Å². The van der Waals surface area contributed by atoms with Crippen molar-refractivity contribution in [3.8, 4) is 0 Å². The van der Waals surface area contributed by atoms with E-state index in [4.69, 9.17) is 0 Å². The van der Waals surface area contributed by atoms with Crippen molar-refractivity contribution in [2.24, 2.45) is 7.05 Å². The van der Waals surface area contributed by atoms with Crippen LogP contribution in [0.15, 0.2) is 48.1 Å². The molecule has 252 valence electrons. The van der Waals surface area contributed by atoms with E-state index in [1.165, 1.54) is 43.2 Å². The molecule has 0 spiro atoms. The molecular formula is C35H47N7O3S2. The zero-order chi connectivity index (χ0) is 32.2. The number of nitrogens with one attached hydrogen (secondary N) is 3. The second-order valence-electron chi connectivity index (χ2n) is 14.9. The Balaban J connectivity index is 0.000000104. The van der Waals surface area contributed by atoms with E-state index in [1.807, 2.05) is 36.7 Å². The van der Waals surface area contributed by atoms with Crippen LogP contribution in [0.25, 0.3) is 10.2 Å². The molecule has 6 saturated heterocycles. The molecular weight excluding hydrogens is 631 g/mol. The number of nitrogens with zero attached hydrogens (tertiary/aromatic N) is 4. The van der Waals surface area contributed by atoms with Gasteiger partial charge in [-0.2, -0.15) is 5.10 Å². The van der Waals surface area contributed by atoms with Gasteiger partial charge in [-0.3, -0.25) is 4.68 Å². The standard InChI is InChI=1S/C14H16N2OS.C11H17N3O.C10H14N2OS/c17-14(7-9-5-6-10(8-14)15-9)13-16-11-3-1-2-4-12(11)18-13;1-14-10(4-5-12-14)11(15)6-8-2-3-9(7-11)13-8;13-10(9-11-3-4-14-9)5-7-1-2-8(6-10)12-7/h1-4,9-10,15,17H,5-8H2;4-5,8-9,13,15H,2-3,6-7H2,1H3;3-4,7-8,12-13H,1-2,5-6H2. The van der Waals surface area contributed by atoms with E-state index in [-0.39, 0.29) is 0 Å². The average Bonchev–Trinajstić information content (AvgIpc) is 3.89. The Kier molecular flexibility index (Phi) is 8.53. The summed E-state index contributed by atoms with van der Waals surface area (Å²) in [4.78, 5) is 8.89. The van der Waals surface area contributed by atoms with Crippen LogP contribution in [-0.4, -0.2) is 71.3 Å². The first-order valence-electron chi connectivity index (χ1n) is 17.4. The molecule has 6 atom stereocenters. The lowest BCUT2D eigenvalue weighted by molar-refractivity contribution is -0.0184. The molecule has 6 N–H and O–H groups in total. The molecule has 47 heavy (non-hydrogen) atoms. The highest BCUT2D eigenvalue weighted by Gasteiger charge is 2.47. The van der Waals surface area contributed by atoms with E-state index in [0.717, 1.165) is 59.8 Å². The Morgan fingerprint density at radius 1 is 0.681 bits per heavy atom. The highest BCUT2D eigenvalue weighted by Crippen LogP contribution is 2.44. The highest BCUT2D eigenvalue weighted by molar-refractivity contribution is 7.18. The van der Waals surface area contributed by atoms with Crippen LogP contribution in [-0.2, 0) is 23.9 Å². The van der Waals surface area contributed by atoms with Crippen LogP contribution in [0.4, 0.5) is 0 Å². The van der Waals surface area contributed by atoms with Gasteiger partial charge in [0.25, 0.3) is 0 Å². The summed E-state index contributed by atoms with van der Waals surface area (Å²) in [5, 5.41) is 50.7. The highest BCUT2D eigenvalue weighted by atomic mass is 32.1. The molecule has 1 aromatic carbocycles. The van der Waals surface area contributed by atoms with Crippen molar-refractivity contribution in [1.82, 2.24) is 35.7 Å². The van der Waals surface area contributed by atoms with Crippen molar-refractivity contribution in [3.05, 3.63) is 63.8 Å². The molecule has 6 bridgehead atoms. The predicted molar refractivity (Wildman–Crippen MR) is 184 cm³/mol. The second kappa shape index (κ2) is 12.5. The monoisotopic (exact) mass is 677 g/mol. The van der Waals surface area contributed by atoms with Crippen molar-refractivity contribution in [2.75, 3.05) is 0 Å². The van der Waals surface area contributed by atoms with Crippen LogP contribution >= 0.6 is 22.7 Å². The topological polar surface area (TPSA) is 140 Å². The van der Waals surface area contributed by atoms with Crippen LogP contribution in [0, 0.1) is 0 Å². The number of benzene rings is 1. The Bertz CT molecular complexity index is 1600. The van der Waals surface area contributed by atoms with Gasteiger partial charge in [-0.25, -0.2) is 9.97 Å². The van der Waals surface area contributed by atoms with E-state index in [2.05, 4.69) is 37.1 Å². The maximum atomic E-state index is 10.9. The number of rotatable bonds is 3. The molecule has 6 aliphatic heterocycles. The maximum Gasteiger partial charge on any atom is 0.126 e. The van der Waals surface area contributed by atoms with Gasteiger partial charge in [0.15, 0.2) is 0 Å². The predicted octanol–water partition coefficient (Wildman–Crippen LogP) is 4.17. The largest absolute Gasteiger partial charge is 0.383 e. The van der Waals surface area contributed by atoms with Crippen LogP contribution in [0.5, 0.6) is 0 Å². The smallest absolute Gasteiger partial charge is 0.126 e. The number of hydrogen-bond acceptors (Lipinski definition) is 11. The summed E-state index contributed by atoms with van der Waals surface area (Å²) in [7, 11) is 1.90. The van der Waals surface area contributed by atoms with Gasteiger partial charge in [-0.1, -0.05) is 12.1 Å². The van der Waals surface area contributed by atoms with E-state index in [0.29, 0.717) is 36.3 Å². The first kappa shape index (κ1) is 31.9. The van der Waals surface area contributed by atoms with Gasteiger partial charge >= 0.3 is 0 Å². The lowest BCUT2D eigenvalue weighted by atomic mass is 9.85. The van der Waals surface area contributed by atoms with Crippen LogP contribution < -0.4 is 16.0 Å². The Morgan fingerprint density at radius 2 is 1.19 bits per heavy atom. The van der Waals surface area contributed by atoms with Gasteiger partial charge in [0.05, 0.1) is 15.9 Å². The van der Waals surface area contributed by atoms with Crippen molar-refractivity contribution in [1.29, 1.82) is 0 Å². The minimum atomic E-state index is -0.708. The molecule has 0 saturated carbocycles. The van der Waals surface area contributed by atoms with Crippen LogP contribution in [0.2, 0.25) is 0 Å². The summed E-state index contributed by atoms with van der Waals surface area (Å²) in [6.45, 7) is 0. The fourth-order valence-electron chi connectivity index (χ4n) is 9.28. The van der Waals surface area contributed by atoms with Crippen LogP contribution in [0.3, 0.4) is 0 Å². The first-order chi connectivity index (χ1) is 22.7.